The van der Waals surface area contributed by atoms with Crippen LogP contribution < -0.4 is 5.32 Å². The van der Waals surface area contributed by atoms with E-state index in [2.05, 4.69) is 10.2 Å². The van der Waals surface area contributed by atoms with Gasteiger partial charge in [0.05, 0.1) is 0 Å². The monoisotopic (exact) mass is 218 g/mol. The number of hydrogen-bond acceptors (Lipinski definition) is 3. The quantitative estimate of drug-likeness (QED) is 0.815. The third-order valence-electron chi connectivity index (χ3n) is 3.50. The number of nitrogens with one attached hydrogen (secondary N) is 1. The minimum absolute atomic E-state index is 0.335. The minimum Gasteiger partial charge on any atom is -0.508 e. The molecular formula is C13H18N2O. The van der Waals surface area contributed by atoms with E-state index in [9.17, 15) is 5.11 Å². The zero-order chi connectivity index (χ0) is 11.0. The fourth-order valence-corrected chi connectivity index (χ4v) is 2.51. The summed E-state index contributed by atoms with van der Waals surface area (Å²) in [5.74, 6) is 0.335. The van der Waals surface area contributed by atoms with Gasteiger partial charge in [0.15, 0.2) is 0 Å². The average molecular weight is 218 g/mol. The highest BCUT2D eigenvalue weighted by atomic mass is 16.3. The Balaban J connectivity index is 1.59. The summed E-state index contributed by atoms with van der Waals surface area (Å²) in [6.45, 7) is 2.38. The molecule has 3 nitrogen and oxygen atoms in total. The van der Waals surface area contributed by atoms with Gasteiger partial charge in [-0.1, -0.05) is 6.07 Å². The molecule has 1 atom stereocenters. The van der Waals surface area contributed by atoms with Gasteiger partial charge < -0.3 is 10.4 Å². The molecule has 0 bridgehead atoms. The predicted octanol–water partition coefficient (Wildman–Crippen LogP) is 2.04. The van der Waals surface area contributed by atoms with Crippen molar-refractivity contribution in [2.24, 2.45) is 0 Å². The molecule has 3 heteroatoms. The maximum absolute atomic E-state index is 9.39. The molecule has 1 saturated heterocycles. The molecule has 0 spiro atoms. The van der Waals surface area contributed by atoms with Crippen LogP contribution in [0.3, 0.4) is 0 Å². The van der Waals surface area contributed by atoms with Gasteiger partial charge >= 0.3 is 0 Å². The maximum Gasteiger partial charge on any atom is 0.117 e. The summed E-state index contributed by atoms with van der Waals surface area (Å²) in [5.41, 5.74) is 1.03. The minimum atomic E-state index is 0.335. The first-order valence-corrected chi connectivity index (χ1v) is 6.11. The number of nitrogens with zero attached hydrogens (tertiary/aromatic N) is 1. The SMILES string of the molecule is Oc1cccc(NC2CCN(C3CC3)C2)c1. The third-order valence-corrected chi connectivity index (χ3v) is 3.50. The van der Waals surface area contributed by atoms with E-state index >= 15 is 0 Å². The molecule has 1 heterocycles. The molecule has 2 fully saturated rings. The van der Waals surface area contributed by atoms with Gasteiger partial charge in [-0.15, -0.1) is 0 Å². The largest absolute Gasteiger partial charge is 0.508 e. The lowest BCUT2D eigenvalue weighted by Crippen LogP contribution is -2.27. The van der Waals surface area contributed by atoms with Crippen LogP contribution >= 0.6 is 0 Å². The summed E-state index contributed by atoms with van der Waals surface area (Å²) < 4.78 is 0. The van der Waals surface area contributed by atoms with E-state index in [1.54, 1.807) is 12.1 Å². The van der Waals surface area contributed by atoms with Gasteiger partial charge in [-0.25, -0.2) is 0 Å². The number of aromatic hydroxyl groups is 1. The van der Waals surface area contributed by atoms with Gasteiger partial charge in [0.25, 0.3) is 0 Å². The van der Waals surface area contributed by atoms with E-state index < -0.39 is 0 Å². The summed E-state index contributed by atoms with van der Waals surface area (Å²) in [7, 11) is 0. The van der Waals surface area contributed by atoms with Crippen LogP contribution in [0.15, 0.2) is 24.3 Å². The van der Waals surface area contributed by atoms with Crippen molar-refractivity contribution in [1.29, 1.82) is 0 Å². The third kappa shape index (κ3) is 2.14. The molecule has 1 saturated carbocycles. The second-order valence-corrected chi connectivity index (χ2v) is 4.91. The lowest BCUT2D eigenvalue weighted by molar-refractivity contribution is 0.326. The number of likely N-dealkylation sites (tertiary alicyclic amines) is 1. The Morgan fingerprint density at radius 1 is 1.25 bits per heavy atom. The Labute approximate surface area is 96.1 Å². The molecule has 86 valence electrons. The first kappa shape index (κ1) is 9.97. The Bertz CT molecular complexity index is 376. The first-order chi connectivity index (χ1) is 7.81. The lowest BCUT2D eigenvalue weighted by atomic mass is 10.2. The molecule has 1 aliphatic heterocycles. The van der Waals surface area contributed by atoms with Crippen molar-refractivity contribution in [3.8, 4) is 5.75 Å². The van der Waals surface area contributed by atoms with Crippen LogP contribution in [0.5, 0.6) is 5.75 Å². The second kappa shape index (κ2) is 3.98. The van der Waals surface area contributed by atoms with Crippen LogP contribution in [0, 0.1) is 0 Å². The lowest BCUT2D eigenvalue weighted by Gasteiger charge is -2.16. The smallest absolute Gasteiger partial charge is 0.117 e. The number of anilines is 1. The molecule has 16 heavy (non-hydrogen) atoms. The Morgan fingerprint density at radius 2 is 2.12 bits per heavy atom. The van der Waals surface area contributed by atoms with Crippen LogP contribution in [-0.2, 0) is 0 Å². The van der Waals surface area contributed by atoms with Crippen LogP contribution in [0.4, 0.5) is 5.69 Å². The summed E-state index contributed by atoms with van der Waals surface area (Å²) in [6.07, 6.45) is 3.99. The average Bonchev–Trinajstić information content (AvgIpc) is 3.01. The van der Waals surface area contributed by atoms with Gasteiger partial charge in [0.1, 0.15) is 5.75 Å². The highest BCUT2D eigenvalue weighted by molar-refractivity contribution is 5.48. The fourth-order valence-electron chi connectivity index (χ4n) is 2.51. The molecular weight excluding hydrogens is 200 g/mol. The van der Waals surface area contributed by atoms with Crippen LogP contribution in [0.1, 0.15) is 19.3 Å². The van der Waals surface area contributed by atoms with E-state index in [-0.39, 0.29) is 0 Å². The molecule has 1 aliphatic carbocycles. The van der Waals surface area contributed by atoms with E-state index in [0.717, 1.165) is 18.3 Å². The van der Waals surface area contributed by atoms with Crippen molar-refractivity contribution >= 4 is 5.69 Å². The molecule has 0 radical (unpaired) electrons. The van der Waals surface area contributed by atoms with E-state index in [4.69, 9.17) is 0 Å². The summed E-state index contributed by atoms with van der Waals surface area (Å²) in [5, 5.41) is 12.9. The van der Waals surface area contributed by atoms with E-state index in [0.29, 0.717) is 11.8 Å². The van der Waals surface area contributed by atoms with Gasteiger partial charge in [0, 0.05) is 36.9 Å². The standard InChI is InChI=1S/C13H18N2O/c16-13-3-1-2-10(8-13)14-11-6-7-15(9-11)12-4-5-12/h1-3,8,11-12,14,16H,4-7,9H2. The first-order valence-electron chi connectivity index (χ1n) is 6.11. The fraction of sp³-hybridized carbons (Fsp3) is 0.538. The topological polar surface area (TPSA) is 35.5 Å². The van der Waals surface area contributed by atoms with Gasteiger partial charge in [-0.3, -0.25) is 4.90 Å². The number of phenols is 1. The van der Waals surface area contributed by atoms with E-state index in [1.165, 1.54) is 25.8 Å². The molecule has 2 N–H and O–H groups in total. The van der Waals surface area contributed by atoms with Crippen molar-refractivity contribution in [3.63, 3.8) is 0 Å². The molecule has 2 aliphatic rings. The van der Waals surface area contributed by atoms with Crippen molar-refractivity contribution in [1.82, 2.24) is 4.90 Å². The number of hydrogen-bond donors (Lipinski definition) is 2. The van der Waals surface area contributed by atoms with Crippen molar-refractivity contribution in [2.45, 2.75) is 31.3 Å². The molecule has 1 aromatic carbocycles. The van der Waals surface area contributed by atoms with Crippen molar-refractivity contribution in [3.05, 3.63) is 24.3 Å². The Hall–Kier alpha value is -1.22. The highest BCUT2D eigenvalue weighted by Gasteiger charge is 2.34. The normalized spacial score (nSPS) is 25.9. The number of rotatable bonds is 3. The molecule has 1 aromatic rings. The summed E-state index contributed by atoms with van der Waals surface area (Å²) in [4.78, 5) is 2.58. The van der Waals surface area contributed by atoms with Crippen LogP contribution in [0.2, 0.25) is 0 Å². The van der Waals surface area contributed by atoms with Gasteiger partial charge in [0.2, 0.25) is 0 Å². The summed E-state index contributed by atoms with van der Waals surface area (Å²) >= 11 is 0. The zero-order valence-corrected chi connectivity index (χ0v) is 9.39. The predicted molar refractivity (Wildman–Crippen MR) is 64.7 cm³/mol. The van der Waals surface area contributed by atoms with Gasteiger partial charge in [-0.2, -0.15) is 0 Å². The maximum atomic E-state index is 9.39. The second-order valence-electron chi connectivity index (χ2n) is 4.91. The van der Waals surface area contributed by atoms with Gasteiger partial charge in [-0.05, 0) is 31.4 Å². The van der Waals surface area contributed by atoms with Crippen molar-refractivity contribution in [2.75, 3.05) is 18.4 Å². The van der Waals surface area contributed by atoms with Crippen molar-refractivity contribution < 1.29 is 5.11 Å². The molecule has 0 aromatic heterocycles. The molecule has 0 amide bonds. The van der Waals surface area contributed by atoms with E-state index in [1.807, 2.05) is 12.1 Å². The highest BCUT2D eigenvalue weighted by Crippen LogP contribution is 2.30. The summed E-state index contributed by atoms with van der Waals surface area (Å²) in [6, 6.07) is 8.80. The zero-order valence-electron chi connectivity index (χ0n) is 9.39. The van der Waals surface area contributed by atoms with Crippen LogP contribution in [0.25, 0.3) is 0 Å². The Kier molecular flexibility index (Phi) is 2.48. The number of phenolic OH excluding ortho intramolecular Hbond substituents is 1. The molecule has 1 unspecified atom stereocenters. The molecule has 3 rings (SSSR count). The Morgan fingerprint density at radius 3 is 2.88 bits per heavy atom. The van der Waals surface area contributed by atoms with Crippen LogP contribution in [-0.4, -0.2) is 35.2 Å². The number of benzene rings is 1.